The first kappa shape index (κ1) is 17.8. The molecule has 0 spiro atoms. The molecule has 2 saturated heterocycles. The summed E-state index contributed by atoms with van der Waals surface area (Å²) in [6.07, 6.45) is 3.47. The van der Waals surface area contributed by atoms with E-state index in [1.807, 2.05) is 17.8 Å². The van der Waals surface area contributed by atoms with E-state index in [4.69, 9.17) is 0 Å². The van der Waals surface area contributed by atoms with Gasteiger partial charge in [0.2, 0.25) is 5.91 Å². The molecule has 2 aliphatic rings. The highest BCUT2D eigenvalue weighted by atomic mass is 32.2. The van der Waals surface area contributed by atoms with Crippen molar-refractivity contribution in [2.45, 2.75) is 37.9 Å². The van der Waals surface area contributed by atoms with Crippen LogP contribution < -0.4 is 5.32 Å². The molecular formula is C19H29N3OS. The number of hydrogen-bond acceptors (Lipinski definition) is 4. The molecule has 2 aliphatic heterocycles. The van der Waals surface area contributed by atoms with Crippen molar-refractivity contribution in [3.05, 3.63) is 35.9 Å². The Morgan fingerprint density at radius 1 is 1.33 bits per heavy atom. The molecule has 1 aromatic rings. The Morgan fingerprint density at radius 3 is 2.92 bits per heavy atom. The van der Waals surface area contributed by atoms with Gasteiger partial charge in [-0.3, -0.25) is 9.69 Å². The summed E-state index contributed by atoms with van der Waals surface area (Å²) in [5.74, 6) is 2.70. The van der Waals surface area contributed by atoms with Gasteiger partial charge in [-0.2, -0.15) is 11.8 Å². The van der Waals surface area contributed by atoms with Gasteiger partial charge in [0.1, 0.15) is 0 Å². The van der Waals surface area contributed by atoms with Crippen LogP contribution in [0.25, 0.3) is 0 Å². The first-order valence-electron chi connectivity index (χ1n) is 9.05. The van der Waals surface area contributed by atoms with E-state index >= 15 is 0 Å². The molecule has 0 aliphatic carbocycles. The quantitative estimate of drug-likeness (QED) is 0.856. The van der Waals surface area contributed by atoms with Crippen molar-refractivity contribution in [1.29, 1.82) is 0 Å². The number of carbonyl (C=O) groups excluding carboxylic acids is 1. The highest BCUT2D eigenvalue weighted by Crippen LogP contribution is 2.21. The molecule has 0 bridgehead atoms. The maximum atomic E-state index is 12.6. The van der Waals surface area contributed by atoms with Gasteiger partial charge in [0.15, 0.2) is 0 Å². The summed E-state index contributed by atoms with van der Waals surface area (Å²) in [6, 6.07) is 11.5. The van der Waals surface area contributed by atoms with Gasteiger partial charge in [0.05, 0.1) is 6.54 Å². The van der Waals surface area contributed by atoms with Gasteiger partial charge in [-0.15, -0.1) is 0 Å². The lowest BCUT2D eigenvalue weighted by Gasteiger charge is -2.35. The zero-order chi connectivity index (χ0) is 16.8. The van der Waals surface area contributed by atoms with Crippen molar-refractivity contribution < 1.29 is 4.79 Å². The summed E-state index contributed by atoms with van der Waals surface area (Å²) in [5, 5.41) is 3.62. The van der Waals surface area contributed by atoms with Crippen LogP contribution in [0.4, 0.5) is 0 Å². The van der Waals surface area contributed by atoms with Gasteiger partial charge in [0, 0.05) is 37.5 Å². The topological polar surface area (TPSA) is 35.6 Å². The van der Waals surface area contributed by atoms with Crippen LogP contribution in [0.1, 0.15) is 24.8 Å². The summed E-state index contributed by atoms with van der Waals surface area (Å²) < 4.78 is 0. The van der Waals surface area contributed by atoms with Crippen LogP contribution in [0, 0.1) is 0 Å². The van der Waals surface area contributed by atoms with Gasteiger partial charge in [-0.05, 0) is 37.6 Å². The van der Waals surface area contributed by atoms with E-state index in [0.717, 1.165) is 32.5 Å². The minimum Gasteiger partial charge on any atom is -0.340 e. The van der Waals surface area contributed by atoms with Crippen molar-refractivity contribution in [3.8, 4) is 0 Å². The predicted octanol–water partition coefficient (Wildman–Crippen LogP) is 2.20. The highest BCUT2D eigenvalue weighted by molar-refractivity contribution is 7.99. The zero-order valence-corrected chi connectivity index (χ0v) is 15.4. The smallest absolute Gasteiger partial charge is 0.236 e. The second-order valence-corrected chi connectivity index (χ2v) is 8.13. The summed E-state index contributed by atoms with van der Waals surface area (Å²) in [6.45, 7) is 3.21. The summed E-state index contributed by atoms with van der Waals surface area (Å²) in [5.41, 5.74) is 1.31. The number of rotatable bonds is 6. The van der Waals surface area contributed by atoms with E-state index in [1.165, 1.54) is 23.5 Å². The minimum atomic E-state index is 0.292. The molecule has 24 heavy (non-hydrogen) atoms. The third kappa shape index (κ3) is 4.98. The predicted molar refractivity (Wildman–Crippen MR) is 101 cm³/mol. The number of nitrogens with zero attached hydrogens (tertiary/aromatic N) is 2. The summed E-state index contributed by atoms with van der Waals surface area (Å²) in [4.78, 5) is 16.9. The second kappa shape index (κ2) is 8.88. The van der Waals surface area contributed by atoms with Crippen LogP contribution in [-0.2, 0) is 11.3 Å². The number of nitrogens with one attached hydrogen (secondary N) is 1. The summed E-state index contributed by atoms with van der Waals surface area (Å²) >= 11 is 2.00. The Bertz CT molecular complexity index is 519. The van der Waals surface area contributed by atoms with Gasteiger partial charge in [-0.25, -0.2) is 0 Å². The van der Waals surface area contributed by atoms with Crippen LogP contribution in [0.15, 0.2) is 30.3 Å². The van der Waals surface area contributed by atoms with Crippen molar-refractivity contribution in [3.63, 3.8) is 0 Å². The number of thioether (sulfide) groups is 1. The highest BCUT2D eigenvalue weighted by Gasteiger charge is 2.27. The molecule has 0 aromatic heterocycles. The van der Waals surface area contributed by atoms with Gasteiger partial charge >= 0.3 is 0 Å². The van der Waals surface area contributed by atoms with Crippen LogP contribution in [-0.4, -0.2) is 66.0 Å². The van der Waals surface area contributed by atoms with E-state index in [2.05, 4.69) is 46.4 Å². The molecule has 1 N–H and O–H groups in total. The maximum absolute atomic E-state index is 12.6. The molecule has 2 atom stereocenters. The Labute approximate surface area is 150 Å². The third-order valence-electron chi connectivity index (χ3n) is 5.13. The fraction of sp³-hybridized carbons (Fsp3) is 0.632. The van der Waals surface area contributed by atoms with Crippen molar-refractivity contribution in [2.24, 2.45) is 0 Å². The second-order valence-electron chi connectivity index (χ2n) is 6.98. The number of piperidine rings is 1. The van der Waals surface area contributed by atoms with Gasteiger partial charge in [-0.1, -0.05) is 30.3 Å². The minimum absolute atomic E-state index is 0.292. The molecule has 1 aromatic carbocycles. The molecule has 1 amide bonds. The van der Waals surface area contributed by atoms with E-state index in [0.29, 0.717) is 24.5 Å². The lowest BCUT2D eigenvalue weighted by atomic mass is 10.0. The molecule has 132 valence electrons. The Balaban J connectivity index is 1.44. The van der Waals surface area contributed by atoms with Crippen molar-refractivity contribution >= 4 is 17.7 Å². The Hall–Kier alpha value is -1.04. The van der Waals surface area contributed by atoms with E-state index in [9.17, 15) is 4.79 Å². The fourth-order valence-electron chi connectivity index (χ4n) is 3.54. The first-order valence-corrected chi connectivity index (χ1v) is 10.2. The van der Waals surface area contributed by atoms with Crippen LogP contribution in [0.3, 0.4) is 0 Å². The molecule has 0 saturated carbocycles. The lowest BCUT2D eigenvalue weighted by Crippen LogP contribution is -2.51. The first-order chi connectivity index (χ1) is 11.7. The monoisotopic (exact) mass is 347 g/mol. The van der Waals surface area contributed by atoms with Crippen LogP contribution in [0.5, 0.6) is 0 Å². The number of amides is 1. The molecule has 4 nitrogen and oxygen atoms in total. The molecule has 0 radical (unpaired) electrons. The lowest BCUT2D eigenvalue weighted by molar-refractivity contribution is -0.133. The largest absolute Gasteiger partial charge is 0.340 e. The fourth-order valence-corrected chi connectivity index (χ4v) is 4.84. The molecule has 2 fully saturated rings. The van der Waals surface area contributed by atoms with Crippen molar-refractivity contribution in [2.75, 3.05) is 38.2 Å². The third-order valence-corrected chi connectivity index (χ3v) is 6.27. The SMILES string of the molecule is CN(CC(=O)N1CCC[C@@H](NCc2ccccc2)C1)[C@H]1CCSC1. The molecule has 3 rings (SSSR count). The standard InChI is InChI=1S/C19H29N3OS/c1-21(18-9-11-24-15-18)14-19(23)22-10-5-8-17(13-22)20-12-16-6-3-2-4-7-16/h2-4,6-7,17-18,20H,5,8-15H2,1H3/t17-,18+/m1/s1. The number of benzene rings is 1. The Morgan fingerprint density at radius 2 is 2.17 bits per heavy atom. The average Bonchev–Trinajstić information content (AvgIpc) is 3.16. The average molecular weight is 348 g/mol. The van der Waals surface area contributed by atoms with E-state index < -0.39 is 0 Å². The van der Waals surface area contributed by atoms with Crippen LogP contribution >= 0.6 is 11.8 Å². The van der Waals surface area contributed by atoms with E-state index in [1.54, 1.807) is 0 Å². The van der Waals surface area contributed by atoms with E-state index in [-0.39, 0.29) is 0 Å². The number of likely N-dealkylation sites (tertiary alicyclic amines) is 1. The molecule has 0 unspecified atom stereocenters. The van der Waals surface area contributed by atoms with Crippen LogP contribution in [0.2, 0.25) is 0 Å². The normalized spacial score (nSPS) is 24.5. The Kier molecular flexibility index (Phi) is 6.58. The van der Waals surface area contributed by atoms with Gasteiger partial charge < -0.3 is 10.2 Å². The van der Waals surface area contributed by atoms with Crippen molar-refractivity contribution in [1.82, 2.24) is 15.1 Å². The summed E-state index contributed by atoms with van der Waals surface area (Å²) in [7, 11) is 2.10. The molecule has 2 heterocycles. The molecular weight excluding hydrogens is 318 g/mol. The van der Waals surface area contributed by atoms with Gasteiger partial charge in [0.25, 0.3) is 0 Å². The maximum Gasteiger partial charge on any atom is 0.236 e. The number of carbonyl (C=O) groups is 1. The zero-order valence-electron chi connectivity index (χ0n) is 14.6. The number of hydrogen-bond donors (Lipinski definition) is 1. The molecule has 5 heteroatoms. The number of likely N-dealkylation sites (N-methyl/N-ethyl adjacent to an activating group) is 1.